The molecule has 2 aromatic rings. The van der Waals surface area contributed by atoms with E-state index in [1.54, 1.807) is 18.3 Å². The molecule has 2 N–H and O–H groups in total. The number of halogens is 1. The normalized spacial score (nSPS) is 10.6. The molecule has 0 unspecified atom stereocenters. The van der Waals surface area contributed by atoms with Gasteiger partial charge < -0.3 is 10.6 Å². The number of carbonyl (C=O) groups is 1. The minimum Gasteiger partial charge on any atom is -0.358 e. The van der Waals surface area contributed by atoms with Crippen LogP contribution in [0.2, 0.25) is 5.15 Å². The van der Waals surface area contributed by atoms with Crippen molar-refractivity contribution in [2.24, 2.45) is 0 Å². The highest BCUT2D eigenvalue weighted by Gasteiger charge is 2.08. The van der Waals surface area contributed by atoms with E-state index in [0.717, 1.165) is 5.56 Å². The summed E-state index contributed by atoms with van der Waals surface area (Å²) in [6.07, 6.45) is 2.86. The third-order valence-corrected chi connectivity index (χ3v) is 3.09. The predicted molar refractivity (Wildman–Crippen MR) is 84.9 cm³/mol. The van der Waals surface area contributed by atoms with Crippen LogP contribution in [-0.2, 0) is 11.3 Å². The SMILES string of the molecule is N#C/C(=C/Nc1cccnc1Cl)C(=O)NCc1ccccc1. The van der Waals surface area contributed by atoms with Gasteiger partial charge in [0.25, 0.3) is 5.91 Å². The van der Waals surface area contributed by atoms with Crippen molar-refractivity contribution in [2.75, 3.05) is 5.32 Å². The molecule has 2 rings (SSSR count). The number of nitriles is 1. The monoisotopic (exact) mass is 312 g/mol. The number of carbonyl (C=O) groups excluding carboxylic acids is 1. The molecule has 5 nitrogen and oxygen atoms in total. The first-order valence-electron chi connectivity index (χ1n) is 6.50. The molecule has 0 radical (unpaired) electrons. The lowest BCUT2D eigenvalue weighted by Gasteiger charge is -2.06. The van der Waals surface area contributed by atoms with Crippen LogP contribution in [0.4, 0.5) is 5.69 Å². The van der Waals surface area contributed by atoms with Crippen molar-refractivity contribution >= 4 is 23.2 Å². The fourth-order valence-corrected chi connectivity index (χ4v) is 1.84. The molecule has 6 heteroatoms. The minimum atomic E-state index is -0.459. The summed E-state index contributed by atoms with van der Waals surface area (Å²) in [7, 11) is 0. The van der Waals surface area contributed by atoms with Crippen molar-refractivity contribution in [1.29, 1.82) is 5.26 Å². The Bertz CT molecular complexity index is 722. The number of hydrogen-bond donors (Lipinski definition) is 2. The summed E-state index contributed by atoms with van der Waals surface area (Å²) < 4.78 is 0. The summed E-state index contributed by atoms with van der Waals surface area (Å²) in [5, 5.41) is 14.8. The molecule has 1 heterocycles. The maximum absolute atomic E-state index is 12.0. The van der Waals surface area contributed by atoms with Gasteiger partial charge in [-0.15, -0.1) is 0 Å². The minimum absolute atomic E-state index is 0.0455. The van der Waals surface area contributed by atoms with Gasteiger partial charge in [-0.05, 0) is 17.7 Å². The molecule has 0 aliphatic heterocycles. The second kappa shape index (κ2) is 7.81. The Morgan fingerprint density at radius 1 is 1.27 bits per heavy atom. The largest absolute Gasteiger partial charge is 0.358 e. The van der Waals surface area contributed by atoms with Crippen LogP contribution in [0.5, 0.6) is 0 Å². The van der Waals surface area contributed by atoms with E-state index in [1.165, 1.54) is 6.20 Å². The van der Waals surface area contributed by atoms with E-state index >= 15 is 0 Å². The Hall–Kier alpha value is -2.84. The average Bonchev–Trinajstić information content (AvgIpc) is 2.56. The zero-order chi connectivity index (χ0) is 15.8. The number of amides is 1. The molecule has 0 spiro atoms. The van der Waals surface area contributed by atoms with Gasteiger partial charge in [-0.2, -0.15) is 5.26 Å². The number of nitrogens with zero attached hydrogens (tertiary/aromatic N) is 2. The Kier molecular flexibility index (Phi) is 5.52. The molecule has 0 aliphatic carbocycles. The third kappa shape index (κ3) is 4.33. The first-order chi connectivity index (χ1) is 10.7. The number of anilines is 1. The van der Waals surface area contributed by atoms with E-state index in [4.69, 9.17) is 16.9 Å². The zero-order valence-electron chi connectivity index (χ0n) is 11.6. The van der Waals surface area contributed by atoms with Gasteiger partial charge in [-0.25, -0.2) is 4.98 Å². The fourth-order valence-electron chi connectivity index (χ4n) is 1.67. The van der Waals surface area contributed by atoms with E-state index in [0.29, 0.717) is 12.2 Å². The molecule has 0 fully saturated rings. The first-order valence-corrected chi connectivity index (χ1v) is 6.88. The fraction of sp³-hybridized carbons (Fsp3) is 0.0625. The van der Waals surface area contributed by atoms with Crippen molar-refractivity contribution in [3.63, 3.8) is 0 Å². The molecule has 0 aliphatic rings. The summed E-state index contributed by atoms with van der Waals surface area (Å²) in [5.74, 6) is -0.459. The van der Waals surface area contributed by atoms with Crippen LogP contribution in [-0.4, -0.2) is 10.9 Å². The number of rotatable bonds is 5. The van der Waals surface area contributed by atoms with Gasteiger partial charge in [0, 0.05) is 18.9 Å². The van der Waals surface area contributed by atoms with Crippen LogP contribution in [0.25, 0.3) is 0 Å². The summed E-state index contributed by atoms with van der Waals surface area (Å²) in [5.41, 5.74) is 1.43. The number of benzene rings is 1. The Morgan fingerprint density at radius 2 is 2.05 bits per heavy atom. The van der Waals surface area contributed by atoms with Crippen molar-refractivity contribution in [2.45, 2.75) is 6.54 Å². The van der Waals surface area contributed by atoms with Crippen LogP contribution in [0.3, 0.4) is 0 Å². The van der Waals surface area contributed by atoms with Crippen molar-refractivity contribution in [3.8, 4) is 6.07 Å². The second-order valence-corrected chi connectivity index (χ2v) is 4.68. The number of nitrogens with one attached hydrogen (secondary N) is 2. The quantitative estimate of drug-likeness (QED) is 0.505. The molecule has 1 aromatic heterocycles. The molecular formula is C16H13ClN4O. The van der Waals surface area contributed by atoms with Crippen LogP contribution >= 0.6 is 11.6 Å². The summed E-state index contributed by atoms with van der Waals surface area (Å²) in [6.45, 7) is 0.354. The van der Waals surface area contributed by atoms with Crippen molar-refractivity contribution < 1.29 is 4.79 Å². The summed E-state index contributed by atoms with van der Waals surface area (Å²) in [6, 6.07) is 14.7. The van der Waals surface area contributed by atoms with Gasteiger partial charge in [-0.3, -0.25) is 4.79 Å². The lowest BCUT2D eigenvalue weighted by atomic mass is 10.2. The van der Waals surface area contributed by atoms with E-state index < -0.39 is 5.91 Å². The molecule has 0 atom stereocenters. The van der Waals surface area contributed by atoms with Crippen molar-refractivity contribution in [1.82, 2.24) is 10.3 Å². The van der Waals surface area contributed by atoms with Crippen LogP contribution < -0.4 is 10.6 Å². The first kappa shape index (κ1) is 15.5. The van der Waals surface area contributed by atoms with Crippen molar-refractivity contribution in [3.05, 3.63) is 71.2 Å². The Balaban J connectivity index is 1.99. The van der Waals surface area contributed by atoms with Gasteiger partial charge in [0.05, 0.1) is 5.69 Å². The van der Waals surface area contributed by atoms with Gasteiger partial charge in [-0.1, -0.05) is 41.9 Å². The van der Waals surface area contributed by atoms with E-state index in [9.17, 15) is 4.79 Å². The highest BCUT2D eigenvalue weighted by molar-refractivity contribution is 6.32. The molecule has 0 saturated heterocycles. The third-order valence-electron chi connectivity index (χ3n) is 2.79. The Labute approximate surface area is 133 Å². The number of aromatic nitrogens is 1. The lowest BCUT2D eigenvalue weighted by molar-refractivity contribution is -0.117. The molecular weight excluding hydrogens is 300 g/mol. The standard InChI is InChI=1S/C16H13ClN4O/c17-15-14(7-4-8-19-15)20-11-13(9-18)16(22)21-10-12-5-2-1-3-6-12/h1-8,11,20H,10H2,(H,21,22)/b13-11-. The molecule has 110 valence electrons. The van der Waals surface area contributed by atoms with Gasteiger partial charge in [0.1, 0.15) is 11.6 Å². The zero-order valence-corrected chi connectivity index (χ0v) is 12.3. The molecule has 0 bridgehead atoms. The van der Waals surface area contributed by atoms with Crippen LogP contribution in [0.1, 0.15) is 5.56 Å². The van der Waals surface area contributed by atoms with Gasteiger partial charge in [0.15, 0.2) is 5.15 Å². The number of pyridine rings is 1. The average molecular weight is 313 g/mol. The lowest BCUT2D eigenvalue weighted by Crippen LogP contribution is -2.24. The maximum atomic E-state index is 12.0. The topological polar surface area (TPSA) is 77.8 Å². The molecule has 1 amide bonds. The molecule has 1 aromatic carbocycles. The van der Waals surface area contributed by atoms with E-state index in [2.05, 4.69) is 15.6 Å². The van der Waals surface area contributed by atoms with Gasteiger partial charge in [0.2, 0.25) is 0 Å². The Morgan fingerprint density at radius 3 is 2.73 bits per heavy atom. The summed E-state index contributed by atoms with van der Waals surface area (Å²) >= 11 is 5.89. The van der Waals surface area contributed by atoms with Crippen LogP contribution in [0, 0.1) is 11.3 Å². The summed E-state index contributed by atoms with van der Waals surface area (Å²) in [4.78, 5) is 15.9. The number of hydrogen-bond acceptors (Lipinski definition) is 4. The highest BCUT2D eigenvalue weighted by atomic mass is 35.5. The van der Waals surface area contributed by atoms with Gasteiger partial charge >= 0.3 is 0 Å². The predicted octanol–water partition coefficient (Wildman–Crippen LogP) is 2.87. The molecule has 0 saturated carbocycles. The molecule has 22 heavy (non-hydrogen) atoms. The maximum Gasteiger partial charge on any atom is 0.263 e. The van der Waals surface area contributed by atoms with E-state index in [-0.39, 0.29) is 10.7 Å². The smallest absolute Gasteiger partial charge is 0.263 e. The van der Waals surface area contributed by atoms with E-state index in [1.807, 2.05) is 36.4 Å². The second-order valence-electron chi connectivity index (χ2n) is 4.32. The highest BCUT2D eigenvalue weighted by Crippen LogP contribution is 2.17. The van der Waals surface area contributed by atoms with Crippen LogP contribution in [0.15, 0.2) is 60.4 Å².